The summed E-state index contributed by atoms with van der Waals surface area (Å²) in [5, 5.41) is 3.42. The molecule has 0 aliphatic heterocycles. The summed E-state index contributed by atoms with van der Waals surface area (Å²) < 4.78 is 2.06. The smallest absolute Gasteiger partial charge is 0.180 e. The van der Waals surface area contributed by atoms with Crippen LogP contribution in [-0.2, 0) is 13.1 Å². The lowest BCUT2D eigenvalue weighted by atomic mass is 9.98. The van der Waals surface area contributed by atoms with E-state index in [2.05, 4.69) is 78.4 Å². The van der Waals surface area contributed by atoms with Gasteiger partial charge < -0.3 is 9.88 Å². The van der Waals surface area contributed by atoms with E-state index in [0.717, 1.165) is 17.9 Å². The number of hydrogen-bond donors (Lipinski definition) is 1. The Morgan fingerprint density at radius 1 is 0.833 bits per heavy atom. The van der Waals surface area contributed by atoms with Crippen LogP contribution in [0.4, 0.5) is 5.82 Å². The number of hydrogen-bond acceptors (Lipinski definition) is 5. The topological polar surface area (TPSA) is 68.5 Å². The van der Waals surface area contributed by atoms with Gasteiger partial charge in [0.2, 0.25) is 0 Å². The molecular weight excluding hydrogens is 372 g/mol. The maximum Gasteiger partial charge on any atom is 0.180 e. The fraction of sp³-hybridized carbons (Fsp3) is 0.0833. The highest BCUT2D eigenvalue weighted by Crippen LogP contribution is 2.25. The second kappa shape index (κ2) is 8.13. The maximum atomic E-state index is 4.55. The summed E-state index contributed by atoms with van der Waals surface area (Å²) in [6, 6.07) is 21.0. The van der Waals surface area contributed by atoms with Crippen molar-refractivity contribution in [1.82, 2.24) is 24.5 Å². The molecule has 3 heterocycles. The van der Waals surface area contributed by atoms with Crippen molar-refractivity contribution >= 4 is 17.0 Å². The van der Waals surface area contributed by atoms with E-state index in [0.29, 0.717) is 12.2 Å². The van der Waals surface area contributed by atoms with Gasteiger partial charge in [0.25, 0.3) is 0 Å². The van der Waals surface area contributed by atoms with Crippen molar-refractivity contribution in [2.75, 3.05) is 5.32 Å². The Morgan fingerprint density at radius 3 is 2.57 bits per heavy atom. The van der Waals surface area contributed by atoms with Crippen molar-refractivity contribution < 1.29 is 0 Å². The minimum atomic E-state index is 0.643. The monoisotopic (exact) mass is 392 g/mol. The SMILES string of the molecule is c1ccc(-c2ccc(Cn3ccnc3)cc2)c(CNc2ccc3nccnc3n2)c1. The number of pyridine rings is 1. The van der Waals surface area contributed by atoms with Gasteiger partial charge in [-0.3, -0.25) is 4.98 Å². The Hall–Kier alpha value is -4.06. The second-order valence-corrected chi connectivity index (χ2v) is 7.04. The van der Waals surface area contributed by atoms with Crippen LogP contribution in [0.1, 0.15) is 11.1 Å². The Labute approximate surface area is 174 Å². The summed E-state index contributed by atoms with van der Waals surface area (Å²) in [5.41, 5.74) is 6.29. The quantitative estimate of drug-likeness (QED) is 0.459. The molecular formula is C24H20N6. The zero-order chi connectivity index (χ0) is 20.2. The molecule has 30 heavy (non-hydrogen) atoms. The molecule has 0 spiro atoms. The van der Waals surface area contributed by atoms with Crippen LogP contribution in [-0.4, -0.2) is 24.5 Å². The van der Waals surface area contributed by atoms with Gasteiger partial charge in [0.1, 0.15) is 11.3 Å². The van der Waals surface area contributed by atoms with E-state index in [1.807, 2.05) is 24.7 Å². The van der Waals surface area contributed by atoms with E-state index in [1.165, 1.54) is 22.3 Å². The lowest BCUT2D eigenvalue weighted by molar-refractivity contribution is 0.797. The molecule has 0 amide bonds. The van der Waals surface area contributed by atoms with E-state index >= 15 is 0 Å². The zero-order valence-corrected chi connectivity index (χ0v) is 16.3. The summed E-state index contributed by atoms with van der Waals surface area (Å²) >= 11 is 0. The van der Waals surface area contributed by atoms with Gasteiger partial charge in [-0.25, -0.2) is 15.0 Å². The highest BCUT2D eigenvalue weighted by atomic mass is 15.0. The van der Waals surface area contributed by atoms with Crippen molar-refractivity contribution in [2.45, 2.75) is 13.1 Å². The van der Waals surface area contributed by atoms with Crippen LogP contribution in [0.2, 0.25) is 0 Å². The third-order valence-electron chi connectivity index (χ3n) is 5.00. The van der Waals surface area contributed by atoms with Crippen LogP contribution < -0.4 is 5.32 Å². The summed E-state index contributed by atoms with van der Waals surface area (Å²) in [5.74, 6) is 0.786. The maximum absolute atomic E-state index is 4.55. The van der Waals surface area contributed by atoms with Gasteiger partial charge in [-0.2, -0.15) is 0 Å². The van der Waals surface area contributed by atoms with Crippen LogP contribution in [0.15, 0.2) is 91.8 Å². The van der Waals surface area contributed by atoms with Crippen LogP contribution in [0.25, 0.3) is 22.3 Å². The van der Waals surface area contributed by atoms with Crippen molar-refractivity contribution in [3.8, 4) is 11.1 Å². The van der Waals surface area contributed by atoms with E-state index in [1.54, 1.807) is 18.6 Å². The molecule has 0 atom stereocenters. The summed E-state index contributed by atoms with van der Waals surface area (Å²) in [6.07, 6.45) is 8.94. The Balaban J connectivity index is 1.34. The Morgan fingerprint density at radius 2 is 1.70 bits per heavy atom. The van der Waals surface area contributed by atoms with Crippen LogP contribution in [0.3, 0.4) is 0 Å². The Bertz CT molecular complexity index is 1260. The molecule has 3 aromatic heterocycles. The Kier molecular flexibility index (Phi) is 4.88. The molecule has 0 unspecified atom stereocenters. The minimum absolute atomic E-state index is 0.643. The first kappa shape index (κ1) is 18.0. The average Bonchev–Trinajstić information content (AvgIpc) is 3.31. The van der Waals surface area contributed by atoms with Gasteiger partial charge in [-0.05, 0) is 34.4 Å². The number of fused-ring (bicyclic) bond motifs is 1. The molecule has 146 valence electrons. The lowest BCUT2D eigenvalue weighted by Gasteiger charge is -2.12. The van der Waals surface area contributed by atoms with E-state index in [9.17, 15) is 0 Å². The normalized spacial score (nSPS) is 10.9. The number of anilines is 1. The van der Waals surface area contributed by atoms with Crippen LogP contribution in [0, 0.1) is 0 Å². The van der Waals surface area contributed by atoms with Gasteiger partial charge in [-0.15, -0.1) is 0 Å². The molecule has 0 aliphatic carbocycles. The predicted molar refractivity (Wildman–Crippen MR) is 118 cm³/mol. The highest BCUT2D eigenvalue weighted by molar-refractivity contribution is 5.72. The van der Waals surface area contributed by atoms with Crippen LogP contribution >= 0.6 is 0 Å². The zero-order valence-electron chi connectivity index (χ0n) is 16.3. The van der Waals surface area contributed by atoms with Gasteiger partial charge in [0.15, 0.2) is 5.65 Å². The number of benzene rings is 2. The van der Waals surface area contributed by atoms with Crippen molar-refractivity contribution in [1.29, 1.82) is 0 Å². The van der Waals surface area contributed by atoms with Gasteiger partial charge in [-0.1, -0.05) is 48.5 Å². The fourth-order valence-corrected chi connectivity index (χ4v) is 3.48. The first-order valence-electron chi connectivity index (χ1n) is 9.80. The fourth-order valence-electron chi connectivity index (χ4n) is 3.48. The number of aromatic nitrogens is 5. The lowest BCUT2D eigenvalue weighted by Crippen LogP contribution is -2.03. The first-order valence-corrected chi connectivity index (χ1v) is 9.80. The predicted octanol–water partition coefficient (Wildman–Crippen LogP) is 4.55. The van der Waals surface area contributed by atoms with E-state index < -0.39 is 0 Å². The number of rotatable bonds is 6. The minimum Gasteiger partial charge on any atom is -0.366 e. The third kappa shape index (κ3) is 3.89. The molecule has 0 saturated heterocycles. The molecule has 6 nitrogen and oxygen atoms in total. The molecule has 0 saturated carbocycles. The molecule has 6 heteroatoms. The molecule has 2 aromatic carbocycles. The number of imidazole rings is 1. The van der Waals surface area contributed by atoms with E-state index in [-0.39, 0.29) is 0 Å². The summed E-state index contributed by atoms with van der Waals surface area (Å²) in [7, 11) is 0. The molecule has 0 bridgehead atoms. The number of nitrogens with one attached hydrogen (secondary N) is 1. The van der Waals surface area contributed by atoms with E-state index in [4.69, 9.17) is 0 Å². The molecule has 5 aromatic rings. The molecule has 0 radical (unpaired) electrons. The molecule has 1 N–H and O–H groups in total. The van der Waals surface area contributed by atoms with Gasteiger partial charge in [0, 0.05) is 37.9 Å². The number of nitrogens with zero attached hydrogens (tertiary/aromatic N) is 5. The first-order chi connectivity index (χ1) is 14.8. The van der Waals surface area contributed by atoms with Crippen molar-refractivity contribution in [3.63, 3.8) is 0 Å². The van der Waals surface area contributed by atoms with Gasteiger partial charge in [0.05, 0.1) is 6.33 Å². The third-order valence-corrected chi connectivity index (χ3v) is 5.00. The average molecular weight is 392 g/mol. The van der Waals surface area contributed by atoms with Crippen LogP contribution in [0.5, 0.6) is 0 Å². The van der Waals surface area contributed by atoms with Crippen molar-refractivity contribution in [2.24, 2.45) is 0 Å². The molecule has 5 rings (SSSR count). The summed E-state index contributed by atoms with van der Waals surface area (Å²) in [4.78, 5) is 17.2. The molecule has 0 aliphatic rings. The van der Waals surface area contributed by atoms with Gasteiger partial charge >= 0.3 is 0 Å². The molecule has 0 fully saturated rings. The largest absolute Gasteiger partial charge is 0.366 e. The second-order valence-electron chi connectivity index (χ2n) is 7.04. The standard InChI is InChI=1S/C24H20N6/c1-2-4-21(19-7-5-18(6-8-19)16-30-14-13-25-17-30)20(3-1)15-28-23-10-9-22-24(29-23)27-12-11-26-22/h1-14,17H,15-16H2,(H,27,28,29). The van der Waals surface area contributed by atoms with Crippen molar-refractivity contribution in [3.05, 3.63) is 103 Å². The summed E-state index contributed by atoms with van der Waals surface area (Å²) in [6.45, 7) is 1.49. The highest BCUT2D eigenvalue weighted by Gasteiger charge is 2.06.